The van der Waals surface area contributed by atoms with Crippen molar-refractivity contribution in [1.82, 2.24) is 0 Å². The highest BCUT2D eigenvalue weighted by molar-refractivity contribution is 6.30. The number of ether oxygens (including phenoxy) is 3. The zero-order valence-electron chi connectivity index (χ0n) is 19.3. The third kappa shape index (κ3) is 5.31. The Kier molecular flexibility index (Phi) is 7.51. The molecule has 2 aromatic carbocycles. The number of nitrogens with zero attached hydrogens (tertiary/aromatic N) is 1. The summed E-state index contributed by atoms with van der Waals surface area (Å²) in [5.41, 5.74) is -1.70. The average Bonchev–Trinajstić information content (AvgIpc) is 2.81. The lowest BCUT2D eigenvalue weighted by Crippen LogP contribution is -2.60. The summed E-state index contributed by atoms with van der Waals surface area (Å²) < 4.78 is 59.3. The maximum Gasteiger partial charge on any atom is 0.508 e. The van der Waals surface area contributed by atoms with Gasteiger partial charge in [0.2, 0.25) is 5.91 Å². The average molecular weight is 529 g/mol. The molecule has 0 bridgehead atoms. The highest BCUT2D eigenvalue weighted by Gasteiger charge is 2.46. The molecule has 0 saturated carbocycles. The second-order valence-corrected chi connectivity index (χ2v) is 8.98. The van der Waals surface area contributed by atoms with Crippen LogP contribution >= 0.6 is 11.6 Å². The predicted molar refractivity (Wildman–Crippen MR) is 124 cm³/mol. The summed E-state index contributed by atoms with van der Waals surface area (Å²) in [5.74, 6) is -2.51. The molecular formula is C24H24ClF3N2O6. The van der Waals surface area contributed by atoms with Crippen LogP contribution in [0.15, 0.2) is 24.3 Å². The number of hydrogen-bond donors (Lipinski definition) is 2. The predicted octanol–water partition coefficient (Wildman–Crippen LogP) is 4.20. The number of aliphatic hydroxyl groups is 1. The summed E-state index contributed by atoms with van der Waals surface area (Å²) in [5, 5.41) is 13.8. The molecule has 0 spiro atoms. The van der Waals surface area contributed by atoms with E-state index in [9.17, 15) is 27.9 Å². The van der Waals surface area contributed by atoms with Crippen molar-refractivity contribution in [3.63, 3.8) is 0 Å². The fraction of sp³-hybridized carbons (Fsp3) is 0.417. The van der Waals surface area contributed by atoms with Crippen molar-refractivity contribution in [2.24, 2.45) is 0 Å². The topological polar surface area (TPSA) is 97.3 Å². The van der Waals surface area contributed by atoms with Gasteiger partial charge in [-0.15, -0.1) is 0 Å². The summed E-state index contributed by atoms with van der Waals surface area (Å²) in [7, 11) is 0. The van der Waals surface area contributed by atoms with Crippen LogP contribution in [0.2, 0.25) is 5.02 Å². The van der Waals surface area contributed by atoms with E-state index in [0.717, 1.165) is 18.2 Å². The summed E-state index contributed by atoms with van der Waals surface area (Å²) >= 11 is 5.72. The Hall–Kier alpha value is -3.18. The van der Waals surface area contributed by atoms with Crippen LogP contribution in [-0.4, -0.2) is 55.2 Å². The van der Waals surface area contributed by atoms with E-state index in [-0.39, 0.29) is 73.6 Å². The molecule has 2 N–H and O–H groups in total. The number of carbonyl (C=O) groups excluding carboxylic acids is 2. The lowest BCUT2D eigenvalue weighted by atomic mass is 9.88. The SMILES string of the molecule is CCOC(=O)O[C@@H]1CN(c2c(F)cc(Cl)cc2F)CC[C@@]1(O)COc1ccc(F)c2c1CCC(=O)N2. The van der Waals surface area contributed by atoms with Crippen LogP contribution in [0, 0.1) is 17.5 Å². The second-order valence-electron chi connectivity index (χ2n) is 8.54. The van der Waals surface area contributed by atoms with Crippen molar-refractivity contribution in [2.75, 3.05) is 36.5 Å². The minimum absolute atomic E-state index is 0.00436. The number of piperidine rings is 1. The maximum atomic E-state index is 14.5. The Morgan fingerprint density at radius 2 is 1.94 bits per heavy atom. The van der Waals surface area contributed by atoms with Crippen LogP contribution in [0.25, 0.3) is 0 Å². The Labute approximate surface area is 209 Å². The van der Waals surface area contributed by atoms with Crippen LogP contribution in [-0.2, 0) is 20.7 Å². The molecule has 12 heteroatoms. The summed E-state index contributed by atoms with van der Waals surface area (Å²) in [6.45, 7) is 0.917. The van der Waals surface area contributed by atoms with E-state index >= 15 is 0 Å². The quantitative estimate of drug-likeness (QED) is 0.542. The smallest absolute Gasteiger partial charge is 0.490 e. The van der Waals surface area contributed by atoms with Gasteiger partial charge in [0.25, 0.3) is 0 Å². The molecule has 0 unspecified atom stereocenters. The first-order valence-electron chi connectivity index (χ1n) is 11.3. The van der Waals surface area contributed by atoms with Crippen molar-refractivity contribution in [3.05, 3.63) is 52.3 Å². The number of benzene rings is 2. The molecule has 0 aromatic heterocycles. The second kappa shape index (κ2) is 10.4. The molecule has 1 amide bonds. The van der Waals surface area contributed by atoms with E-state index in [4.69, 9.17) is 25.8 Å². The molecule has 2 heterocycles. The highest BCUT2D eigenvalue weighted by atomic mass is 35.5. The zero-order chi connectivity index (χ0) is 26.0. The largest absolute Gasteiger partial charge is 0.508 e. The number of halogens is 4. The van der Waals surface area contributed by atoms with E-state index in [0.29, 0.717) is 5.56 Å². The van der Waals surface area contributed by atoms with Crippen molar-refractivity contribution in [1.29, 1.82) is 0 Å². The molecule has 2 aliphatic heterocycles. The van der Waals surface area contributed by atoms with E-state index in [1.54, 1.807) is 6.92 Å². The molecule has 0 aliphatic carbocycles. The molecule has 8 nitrogen and oxygen atoms in total. The third-order valence-corrected chi connectivity index (χ3v) is 6.38. The Morgan fingerprint density at radius 1 is 1.22 bits per heavy atom. The van der Waals surface area contributed by atoms with Crippen LogP contribution in [0.4, 0.5) is 29.3 Å². The van der Waals surface area contributed by atoms with Crippen LogP contribution in [0.5, 0.6) is 5.75 Å². The fourth-order valence-corrected chi connectivity index (χ4v) is 4.52. The number of fused-ring (bicyclic) bond motifs is 1. The Morgan fingerprint density at radius 3 is 2.64 bits per heavy atom. The molecule has 36 heavy (non-hydrogen) atoms. The lowest BCUT2D eigenvalue weighted by Gasteiger charge is -2.44. The third-order valence-electron chi connectivity index (χ3n) is 6.16. The molecule has 1 saturated heterocycles. The van der Waals surface area contributed by atoms with Gasteiger partial charge in [0.05, 0.1) is 18.8 Å². The number of nitrogens with one attached hydrogen (secondary N) is 1. The molecule has 194 valence electrons. The zero-order valence-corrected chi connectivity index (χ0v) is 20.0. The Bertz CT molecular complexity index is 1160. The normalized spacial score (nSPS) is 21.4. The van der Waals surface area contributed by atoms with Crippen molar-refractivity contribution in [2.45, 2.75) is 37.9 Å². The van der Waals surface area contributed by atoms with Gasteiger partial charge in [-0.2, -0.15) is 0 Å². The van der Waals surface area contributed by atoms with Crippen LogP contribution < -0.4 is 15.0 Å². The van der Waals surface area contributed by atoms with Gasteiger partial charge < -0.3 is 29.5 Å². The number of amides is 1. The molecule has 0 radical (unpaired) electrons. The van der Waals surface area contributed by atoms with Gasteiger partial charge in [-0.3, -0.25) is 4.79 Å². The molecule has 1 fully saturated rings. The van der Waals surface area contributed by atoms with E-state index < -0.39 is 35.3 Å². The minimum atomic E-state index is -1.78. The van der Waals surface area contributed by atoms with E-state index in [1.165, 1.54) is 11.0 Å². The fourth-order valence-electron chi connectivity index (χ4n) is 4.33. The van der Waals surface area contributed by atoms with Crippen molar-refractivity contribution < 1.29 is 42.1 Å². The first kappa shape index (κ1) is 25.9. The van der Waals surface area contributed by atoms with Gasteiger partial charge in [0, 0.05) is 30.0 Å². The summed E-state index contributed by atoms with van der Waals surface area (Å²) in [6, 6.07) is 4.43. The van der Waals surface area contributed by atoms with Gasteiger partial charge in [-0.1, -0.05) is 11.6 Å². The number of anilines is 2. The van der Waals surface area contributed by atoms with Gasteiger partial charge in [-0.05, 0) is 37.6 Å². The standard InChI is InChI=1S/C24H24ClF3N2O6/c1-2-34-23(32)36-19-11-30(22-16(27)9-13(25)10-17(22)28)8-7-24(19,33)12-35-18-5-4-15(26)21-14(18)3-6-20(31)29-21/h4-5,9-10,19,33H,2-3,6-8,11-12H2,1H3,(H,29,31)/t19-,24-/m1/s1. The van der Waals surface area contributed by atoms with Gasteiger partial charge in [0.15, 0.2) is 17.7 Å². The van der Waals surface area contributed by atoms with Crippen molar-refractivity contribution >= 4 is 35.0 Å². The first-order valence-corrected chi connectivity index (χ1v) is 11.7. The molecule has 4 rings (SSSR count). The van der Waals surface area contributed by atoms with Crippen molar-refractivity contribution in [3.8, 4) is 5.75 Å². The monoisotopic (exact) mass is 528 g/mol. The molecule has 2 atom stereocenters. The number of carbonyl (C=O) groups is 2. The summed E-state index contributed by atoms with van der Waals surface area (Å²) in [6.07, 6.45) is -2.09. The van der Waals surface area contributed by atoms with Gasteiger partial charge >= 0.3 is 6.16 Å². The number of hydrogen-bond acceptors (Lipinski definition) is 7. The van der Waals surface area contributed by atoms with Gasteiger partial charge in [-0.25, -0.2) is 18.0 Å². The number of rotatable bonds is 6. The molecular weight excluding hydrogens is 505 g/mol. The van der Waals surface area contributed by atoms with Gasteiger partial charge in [0.1, 0.15) is 29.5 Å². The van der Waals surface area contributed by atoms with Crippen LogP contribution in [0.3, 0.4) is 0 Å². The lowest BCUT2D eigenvalue weighted by molar-refractivity contribution is -0.122. The maximum absolute atomic E-state index is 14.5. The highest BCUT2D eigenvalue weighted by Crippen LogP contribution is 2.37. The molecule has 2 aromatic rings. The molecule has 2 aliphatic rings. The minimum Gasteiger partial charge on any atom is -0.490 e. The first-order chi connectivity index (χ1) is 17.1. The van der Waals surface area contributed by atoms with E-state index in [1.807, 2.05) is 0 Å². The van der Waals surface area contributed by atoms with E-state index in [2.05, 4.69) is 5.32 Å². The van der Waals surface area contributed by atoms with Crippen LogP contribution in [0.1, 0.15) is 25.3 Å². The summed E-state index contributed by atoms with van der Waals surface area (Å²) in [4.78, 5) is 25.1. The Balaban J connectivity index is 1.57.